The highest BCUT2D eigenvalue weighted by Gasteiger charge is 2.03. The van der Waals surface area contributed by atoms with E-state index in [1.165, 1.54) is 13.2 Å². The zero-order chi connectivity index (χ0) is 15.1. The quantitative estimate of drug-likeness (QED) is 0.829. The van der Waals surface area contributed by atoms with Gasteiger partial charge in [0.05, 0.1) is 7.11 Å². The molecule has 0 aliphatic carbocycles. The molecule has 0 aliphatic heterocycles. The molecule has 0 unspecified atom stereocenters. The Hall–Kier alpha value is -2.75. The summed E-state index contributed by atoms with van der Waals surface area (Å²) in [6.45, 7) is 0.370. The Morgan fingerprint density at radius 3 is 2.71 bits per heavy atom. The van der Waals surface area contributed by atoms with Crippen LogP contribution in [0, 0.1) is 0 Å². The van der Waals surface area contributed by atoms with Crippen LogP contribution < -0.4 is 10.1 Å². The molecule has 2 aromatic carbocycles. The molecule has 0 aliphatic rings. The molecule has 0 saturated heterocycles. The Balaban J connectivity index is 1.91. The van der Waals surface area contributed by atoms with Gasteiger partial charge in [0.15, 0.2) is 11.5 Å². The lowest BCUT2D eigenvalue weighted by Gasteiger charge is -2.07. The van der Waals surface area contributed by atoms with E-state index in [1.807, 2.05) is 30.3 Å². The van der Waals surface area contributed by atoms with Crippen LogP contribution in [0.4, 0.5) is 0 Å². The summed E-state index contributed by atoms with van der Waals surface area (Å²) in [4.78, 5) is 11.7. The van der Waals surface area contributed by atoms with E-state index in [1.54, 1.807) is 24.3 Å². The van der Waals surface area contributed by atoms with Gasteiger partial charge in [0.1, 0.15) is 0 Å². The van der Waals surface area contributed by atoms with Gasteiger partial charge < -0.3 is 15.2 Å². The number of benzene rings is 2. The molecule has 4 nitrogen and oxygen atoms in total. The first-order valence-electron chi connectivity index (χ1n) is 6.56. The third kappa shape index (κ3) is 4.38. The predicted molar refractivity (Wildman–Crippen MR) is 82.0 cm³/mol. The van der Waals surface area contributed by atoms with E-state index in [9.17, 15) is 9.90 Å². The van der Waals surface area contributed by atoms with Crippen LogP contribution in [0.5, 0.6) is 11.5 Å². The molecule has 0 aromatic heterocycles. The molecule has 0 atom stereocenters. The minimum Gasteiger partial charge on any atom is -0.504 e. The van der Waals surface area contributed by atoms with Crippen LogP contribution in [-0.4, -0.2) is 18.1 Å². The largest absolute Gasteiger partial charge is 0.504 e. The number of nitrogens with one attached hydrogen (secondary N) is 1. The van der Waals surface area contributed by atoms with Gasteiger partial charge in [-0.15, -0.1) is 0 Å². The second kappa shape index (κ2) is 7.14. The highest BCUT2D eigenvalue weighted by atomic mass is 16.5. The Kier molecular flexibility index (Phi) is 4.99. The summed E-state index contributed by atoms with van der Waals surface area (Å²) in [5.41, 5.74) is 1.82. The molecule has 0 bridgehead atoms. The van der Waals surface area contributed by atoms with Gasteiger partial charge in [0.2, 0.25) is 5.91 Å². The van der Waals surface area contributed by atoms with E-state index >= 15 is 0 Å². The summed E-state index contributed by atoms with van der Waals surface area (Å²) >= 11 is 0. The normalized spacial score (nSPS) is 10.5. The van der Waals surface area contributed by atoms with Crippen LogP contribution in [-0.2, 0) is 11.3 Å². The SMILES string of the molecule is COc1cc(CNC(=O)C=Cc2ccccc2)ccc1O. The summed E-state index contributed by atoms with van der Waals surface area (Å²) in [5.74, 6) is 0.295. The molecule has 4 heteroatoms. The lowest BCUT2D eigenvalue weighted by atomic mass is 10.2. The maximum Gasteiger partial charge on any atom is 0.244 e. The third-order valence-electron chi connectivity index (χ3n) is 2.94. The fraction of sp³-hybridized carbons (Fsp3) is 0.118. The molecule has 108 valence electrons. The summed E-state index contributed by atoms with van der Waals surface area (Å²) in [7, 11) is 1.49. The second-order valence-corrected chi connectivity index (χ2v) is 4.47. The van der Waals surface area contributed by atoms with Crippen LogP contribution in [0.1, 0.15) is 11.1 Å². The van der Waals surface area contributed by atoms with E-state index in [-0.39, 0.29) is 11.7 Å². The number of carbonyl (C=O) groups is 1. The third-order valence-corrected chi connectivity index (χ3v) is 2.94. The Morgan fingerprint density at radius 2 is 2.00 bits per heavy atom. The Morgan fingerprint density at radius 1 is 1.24 bits per heavy atom. The summed E-state index contributed by atoms with van der Waals surface area (Å²) in [6, 6.07) is 14.6. The number of phenols is 1. The number of methoxy groups -OCH3 is 1. The van der Waals surface area contributed by atoms with Crippen molar-refractivity contribution in [1.29, 1.82) is 0 Å². The Labute approximate surface area is 123 Å². The smallest absolute Gasteiger partial charge is 0.244 e. The van der Waals surface area contributed by atoms with Crippen molar-refractivity contribution in [2.75, 3.05) is 7.11 Å². The van der Waals surface area contributed by atoms with Gasteiger partial charge in [0, 0.05) is 12.6 Å². The number of carbonyl (C=O) groups excluding carboxylic acids is 1. The molecule has 0 spiro atoms. The van der Waals surface area contributed by atoms with Gasteiger partial charge >= 0.3 is 0 Å². The number of ether oxygens (including phenoxy) is 1. The number of rotatable bonds is 5. The van der Waals surface area contributed by atoms with Crippen molar-refractivity contribution in [2.45, 2.75) is 6.54 Å². The predicted octanol–water partition coefficient (Wildman–Crippen LogP) is 2.73. The fourth-order valence-corrected chi connectivity index (χ4v) is 1.82. The van der Waals surface area contributed by atoms with Gasteiger partial charge in [-0.3, -0.25) is 4.79 Å². The van der Waals surface area contributed by atoms with Crippen molar-refractivity contribution >= 4 is 12.0 Å². The first-order chi connectivity index (χ1) is 10.2. The summed E-state index contributed by atoms with van der Waals surface area (Å²) in [6.07, 6.45) is 3.25. The topological polar surface area (TPSA) is 58.6 Å². The monoisotopic (exact) mass is 283 g/mol. The molecule has 2 rings (SSSR count). The van der Waals surface area contributed by atoms with Crippen LogP contribution in [0.3, 0.4) is 0 Å². The molecule has 2 N–H and O–H groups in total. The van der Waals surface area contributed by atoms with Gasteiger partial charge in [-0.1, -0.05) is 36.4 Å². The molecule has 0 fully saturated rings. The van der Waals surface area contributed by atoms with E-state index in [0.29, 0.717) is 12.3 Å². The van der Waals surface area contributed by atoms with Gasteiger partial charge in [-0.2, -0.15) is 0 Å². The molecular formula is C17H17NO3. The van der Waals surface area contributed by atoms with Gasteiger partial charge in [0.25, 0.3) is 0 Å². The van der Waals surface area contributed by atoms with Crippen molar-refractivity contribution in [3.63, 3.8) is 0 Å². The maximum atomic E-state index is 11.7. The molecule has 0 heterocycles. The van der Waals surface area contributed by atoms with E-state index in [2.05, 4.69) is 5.32 Å². The Bertz CT molecular complexity index is 636. The van der Waals surface area contributed by atoms with Crippen LogP contribution in [0.2, 0.25) is 0 Å². The molecule has 2 aromatic rings. The molecule has 0 radical (unpaired) electrons. The first kappa shape index (κ1) is 14.7. The molecular weight excluding hydrogens is 266 g/mol. The molecule has 0 saturated carbocycles. The van der Waals surface area contributed by atoms with Crippen molar-refractivity contribution in [3.8, 4) is 11.5 Å². The zero-order valence-electron chi connectivity index (χ0n) is 11.7. The van der Waals surface area contributed by atoms with Crippen molar-refractivity contribution in [3.05, 3.63) is 65.7 Å². The van der Waals surface area contributed by atoms with Crippen LogP contribution >= 0.6 is 0 Å². The summed E-state index contributed by atoms with van der Waals surface area (Å²) < 4.78 is 5.02. The van der Waals surface area contributed by atoms with E-state index in [4.69, 9.17) is 4.74 Å². The fourth-order valence-electron chi connectivity index (χ4n) is 1.82. The van der Waals surface area contributed by atoms with Gasteiger partial charge in [-0.05, 0) is 29.3 Å². The zero-order valence-corrected chi connectivity index (χ0v) is 11.7. The van der Waals surface area contributed by atoms with E-state index < -0.39 is 0 Å². The van der Waals surface area contributed by atoms with Crippen LogP contribution in [0.25, 0.3) is 6.08 Å². The lowest BCUT2D eigenvalue weighted by molar-refractivity contribution is -0.116. The second-order valence-electron chi connectivity index (χ2n) is 4.47. The van der Waals surface area contributed by atoms with Crippen molar-refractivity contribution in [2.24, 2.45) is 0 Å². The standard InChI is InChI=1S/C17H17NO3/c1-21-16-11-14(7-9-15(16)19)12-18-17(20)10-8-13-5-3-2-4-6-13/h2-11,19H,12H2,1H3,(H,18,20). The number of phenolic OH excluding ortho intramolecular Hbond substituents is 1. The summed E-state index contributed by atoms with van der Waals surface area (Å²) in [5, 5.41) is 12.3. The van der Waals surface area contributed by atoms with Crippen molar-refractivity contribution in [1.82, 2.24) is 5.32 Å². The highest BCUT2D eigenvalue weighted by Crippen LogP contribution is 2.26. The highest BCUT2D eigenvalue weighted by molar-refractivity contribution is 5.91. The minimum absolute atomic E-state index is 0.0801. The number of hydrogen-bond acceptors (Lipinski definition) is 3. The number of amides is 1. The van der Waals surface area contributed by atoms with Gasteiger partial charge in [-0.25, -0.2) is 0 Å². The number of aromatic hydroxyl groups is 1. The van der Waals surface area contributed by atoms with E-state index in [0.717, 1.165) is 11.1 Å². The average Bonchev–Trinajstić information content (AvgIpc) is 2.53. The first-order valence-corrected chi connectivity index (χ1v) is 6.56. The van der Waals surface area contributed by atoms with Crippen molar-refractivity contribution < 1.29 is 14.6 Å². The average molecular weight is 283 g/mol. The molecule has 21 heavy (non-hydrogen) atoms. The maximum absolute atomic E-state index is 11.7. The minimum atomic E-state index is -0.175. The molecule has 1 amide bonds. The van der Waals surface area contributed by atoms with Crippen LogP contribution in [0.15, 0.2) is 54.6 Å². The lowest BCUT2D eigenvalue weighted by Crippen LogP contribution is -2.20. The number of hydrogen-bond donors (Lipinski definition) is 2.